The molecule has 0 aliphatic carbocycles. The molecular weight excluding hydrogens is 259 g/mol. The fourth-order valence-corrected chi connectivity index (χ4v) is 0.618. The monoisotopic (exact) mass is 272 g/mol. The average molecular weight is 272 g/mol. The first kappa shape index (κ1) is 11.0. The Balaban J connectivity index is 3.23. The van der Waals surface area contributed by atoms with Crippen molar-refractivity contribution < 1.29 is 14.3 Å². The SMILES string of the molecule is CC(C)COC(=O)OCCI. The molecule has 0 aliphatic rings. The summed E-state index contributed by atoms with van der Waals surface area (Å²) in [6.07, 6.45) is -0.560. The summed E-state index contributed by atoms with van der Waals surface area (Å²) in [5, 5.41) is 0. The Kier molecular flexibility index (Phi) is 6.69. The Bertz CT molecular complexity index is 114. The lowest BCUT2D eigenvalue weighted by atomic mass is 10.2. The summed E-state index contributed by atoms with van der Waals surface area (Å²) in [5.74, 6) is 0.363. The van der Waals surface area contributed by atoms with Crippen molar-refractivity contribution >= 4 is 28.7 Å². The van der Waals surface area contributed by atoms with Gasteiger partial charge in [0, 0.05) is 4.43 Å². The van der Waals surface area contributed by atoms with E-state index in [0.29, 0.717) is 19.1 Å². The maximum atomic E-state index is 10.7. The van der Waals surface area contributed by atoms with Gasteiger partial charge in [0.05, 0.1) is 6.61 Å². The van der Waals surface area contributed by atoms with Crippen LogP contribution in [0.5, 0.6) is 0 Å². The van der Waals surface area contributed by atoms with Crippen molar-refractivity contribution in [2.75, 3.05) is 17.6 Å². The van der Waals surface area contributed by atoms with Gasteiger partial charge in [-0.3, -0.25) is 0 Å². The number of hydrogen-bond donors (Lipinski definition) is 0. The van der Waals surface area contributed by atoms with Crippen LogP contribution in [0.3, 0.4) is 0 Å². The number of hydrogen-bond acceptors (Lipinski definition) is 3. The van der Waals surface area contributed by atoms with Crippen LogP contribution in [0.1, 0.15) is 13.8 Å². The van der Waals surface area contributed by atoms with Crippen LogP contribution in [0, 0.1) is 5.92 Å². The second-order valence-electron chi connectivity index (χ2n) is 2.49. The van der Waals surface area contributed by atoms with Crippen molar-refractivity contribution in [1.82, 2.24) is 0 Å². The summed E-state index contributed by atoms with van der Waals surface area (Å²) in [6.45, 7) is 4.81. The molecule has 3 nitrogen and oxygen atoms in total. The Morgan fingerprint density at radius 2 is 2.09 bits per heavy atom. The van der Waals surface area contributed by atoms with Crippen LogP contribution in [-0.2, 0) is 9.47 Å². The third-order valence-corrected chi connectivity index (χ3v) is 1.27. The van der Waals surface area contributed by atoms with Crippen LogP contribution < -0.4 is 0 Å². The first-order chi connectivity index (χ1) is 5.16. The molecule has 0 aromatic heterocycles. The van der Waals surface area contributed by atoms with E-state index in [4.69, 9.17) is 4.74 Å². The van der Waals surface area contributed by atoms with Gasteiger partial charge in [0.25, 0.3) is 0 Å². The van der Waals surface area contributed by atoms with Crippen molar-refractivity contribution in [3.05, 3.63) is 0 Å². The van der Waals surface area contributed by atoms with Crippen LogP contribution in [0.4, 0.5) is 4.79 Å². The highest BCUT2D eigenvalue weighted by molar-refractivity contribution is 14.1. The predicted octanol–water partition coefficient (Wildman–Crippen LogP) is 2.23. The third kappa shape index (κ3) is 7.90. The van der Waals surface area contributed by atoms with E-state index in [0.717, 1.165) is 4.43 Å². The number of alkyl halides is 1. The van der Waals surface area contributed by atoms with Gasteiger partial charge in [-0.05, 0) is 5.92 Å². The normalized spacial score (nSPS) is 9.82. The number of carbonyl (C=O) groups is 1. The lowest BCUT2D eigenvalue weighted by molar-refractivity contribution is 0.0522. The molecule has 0 atom stereocenters. The first-order valence-electron chi connectivity index (χ1n) is 3.52. The van der Waals surface area contributed by atoms with Gasteiger partial charge in [0.15, 0.2) is 0 Å². The van der Waals surface area contributed by atoms with Gasteiger partial charge in [0.2, 0.25) is 0 Å². The van der Waals surface area contributed by atoms with Gasteiger partial charge in [-0.2, -0.15) is 0 Å². The third-order valence-electron chi connectivity index (χ3n) is 0.832. The molecule has 0 saturated carbocycles. The van der Waals surface area contributed by atoms with E-state index < -0.39 is 6.16 Å². The van der Waals surface area contributed by atoms with E-state index in [-0.39, 0.29) is 0 Å². The maximum Gasteiger partial charge on any atom is 0.508 e. The molecule has 0 spiro atoms. The fraction of sp³-hybridized carbons (Fsp3) is 0.857. The molecular formula is C7H13IO3. The van der Waals surface area contributed by atoms with E-state index in [1.165, 1.54) is 0 Å². The molecule has 0 aliphatic heterocycles. The molecule has 0 fully saturated rings. The van der Waals surface area contributed by atoms with E-state index in [1.807, 2.05) is 13.8 Å². The van der Waals surface area contributed by atoms with Crippen LogP contribution in [0.2, 0.25) is 0 Å². The van der Waals surface area contributed by atoms with E-state index in [9.17, 15) is 4.79 Å². The highest BCUT2D eigenvalue weighted by Gasteiger charge is 2.03. The number of rotatable bonds is 4. The van der Waals surface area contributed by atoms with Crippen molar-refractivity contribution in [2.24, 2.45) is 5.92 Å². The fourth-order valence-electron chi connectivity index (χ4n) is 0.398. The summed E-state index contributed by atoms with van der Waals surface area (Å²) >= 11 is 2.13. The molecule has 0 unspecified atom stereocenters. The minimum Gasteiger partial charge on any atom is -0.434 e. The Hall–Kier alpha value is 0. The predicted molar refractivity (Wildman–Crippen MR) is 51.0 cm³/mol. The largest absolute Gasteiger partial charge is 0.508 e. The minimum absolute atomic E-state index is 0.363. The van der Waals surface area contributed by atoms with Gasteiger partial charge in [0.1, 0.15) is 6.61 Å². The lowest BCUT2D eigenvalue weighted by Gasteiger charge is -2.06. The number of halogens is 1. The lowest BCUT2D eigenvalue weighted by Crippen LogP contribution is -2.12. The Morgan fingerprint density at radius 1 is 1.45 bits per heavy atom. The van der Waals surface area contributed by atoms with Crippen molar-refractivity contribution in [2.45, 2.75) is 13.8 Å². The summed E-state index contributed by atoms with van der Waals surface area (Å²) in [7, 11) is 0. The molecule has 11 heavy (non-hydrogen) atoms. The Morgan fingerprint density at radius 3 is 2.55 bits per heavy atom. The maximum absolute atomic E-state index is 10.7. The van der Waals surface area contributed by atoms with Gasteiger partial charge in [-0.25, -0.2) is 4.79 Å². The standard InChI is InChI=1S/C7H13IO3/c1-6(2)5-11-7(9)10-4-3-8/h6H,3-5H2,1-2H3. The van der Waals surface area contributed by atoms with Crippen molar-refractivity contribution in [1.29, 1.82) is 0 Å². The molecule has 4 heteroatoms. The highest BCUT2D eigenvalue weighted by Crippen LogP contribution is 1.95. The van der Waals surface area contributed by atoms with E-state index >= 15 is 0 Å². The quantitative estimate of drug-likeness (QED) is 0.447. The molecule has 0 N–H and O–H groups in total. The van der Waals surface area contributed by atoms with Gasteiger partial charge in [-0.1, -0.05) is 36.4 Å². The summed E-state index contributed by atoms with van der Waals surface area (Å²) in [4.78, 5) is 10.7. The van der Waals surface area contributed by atoms with Crippen LogP contribution in [0.15, 0.2) is 0 Å². The van der Waals surface area contributed by atoms with Gasteiger partial charge < -0.3 is 9.47 Å². The molecule has 0 bridgehead atoms. The molecule has 0 radical (unpaired) electrons. The van der Waals surface area contributed by atoms with Crippen molar-refractivity contribution in [3.63, 3.8) is 0 Å². The highest BCUT2D eigenvalue weighted by atomic mass is 127. The van der Waals surface area contributed by atoms with E-state index in [1.54, 1.807) is 0 Å². The minimum atomic E-state index is -0.560. The average Bonchev–Trinajstić information content (AvgIpc) is 1.97. The van der Waals surface area contributed by atoms with E-state index in [2.05, 4.69) is 27.3 Å². The molecule has 0 aromatic carbocycles. The zero-order valence-electron chi connectivity index (χ0n) is 6.80. The van der Waals surface area contributed by atoms with Gasteiger partial charge in [-0.15, -0.1) is 0 Å². The number of carbonyl (C=O) groups excluding carboxylic acids is 1. The Labute approximate surface area is 80.6 Å². The van der Waals surface area contributed by atoms with Gasteiger partial charge >= 0.3 is 6.16 Å². The summed E-state index contributed by atoms with van der Waals surface area (Å²) in [5.41, 5.74) is 0. The zero-order valence-corrected chi connectivity index (χ0v) is 8.96. The smallest absolute Gasteiger partial charge is 0.434 e. The van der Waals surface area contributed by atoms with Crippen LogP contribution >= 0.6 is 22.6 Å². The molecule has 0 aromatic rings. The molecule has 0 saturated heterocycles. The molecule has 0 heterocycles. The number of ether oxygens (including phenoxy) is 2. The zero-order chi connectivity index (χ0) is 8.69. The molecule has 0 amide bonds. The summed E-state index contributed by atoms with van der Waals surface area (Å²) < 4.78 is 10.2. The van der Waals surface area contributed by atoms with Crippen LogP contribution in [-0.4, -0.2) is 23.8 Å². The van der Waals surface area contributed by atoms with Crippen LogP contribution in [0.25, 0.3) is 0 Å². The molecule has 0 rings (SSSR count). The second kappa shape index (κ2) is 6.69. The summed E-state index contributed by atoms with van der Waals surface area (Å²) in [6, 6.07) is 0. The van der Waals surface area contributed by atoms with Crippen molar-refractivity contribution in [3.8, 4) is 0 Å². The molecule has 66 valence electrons. The second-order valence-corrected chi connectivity index (χ2v) is 3.57. The topological polar surface area (TPSA) is 35.5 Å². The first-order valence-corrected chi connectivity index (χ1v) is 5.05.